The lowest BCUT2D eigenvalue weighted by molar-refractivity contribution is 0.0622. The Morgan fingerprint density at radius 2 is 1.86 bits per heavy atom. The van der Waals surface area contributed by atoms with E-state index in [0.717, 1.165) is 11.3 Å². The van der Waals surface area contributed by atoms with Gasteiger partial charge in [0.05, 0.1) is 7.11 Å². The summed E-state index contributed by atoms with van der Waals surface area (Å²) in [6.07, 6.45) is 0. The summed E-state index contributed by atoms with van der Waals surface area (Å²) < 4.78 is 18.8. The number of ketones is 1. The molecular formula is C21H26FN3O3. The van der Waals surface area contributed by atoms with Gasteiger partial charge in [0.1, 0.15) is 5.69 Å². The van der Waals surface area contributed by atoms with Gasteiger partial charge >= 0.3 is 0 Å². The highest BCUT2D eigenvalue weighted by Gasteiger charge is 2.26. The number of hydrogen-bond acceptors (Lipinski definition) is 4. The maximum atomic E-state index is 13.9. The minimum Gasteiger partial charge on any atom is -0.494 e. The van der Waals surface area contributed by atoms with Crippen LogP contribution in [0, 0.1) is 19.7 Å². The summed E-state index contributed by atoms with van der Waals surface area (Å²) in [7, 11) is 1.45. The maximum Gasteiger partial charge on any atom is 0.270 e. The average Bonchev–Trinajstić information content (AvgIpc) is 2.96. The normalized spacial score (nSPS) is 15.0. The van der Waals surface area contributed by atoms with Crippen molar-refractivity contribution in [3.8, 4) is 5.75 Å². The Hall–Kier alpha value is -2.67. The lowest BCUT2D eigenvalue weighted by atomic mass is 10.1. The molecule has 2 heterocycles. The van der Waals surface area contributed by atoms with Gasteiger partial charge in [0.25, 0.3) is 5.91 Å². The highest BCUT2D eigenvalue weighted by atomic mass is 19.1. The van der Waals surface area contributed by atoms with Crippen molar-refractivity contribution in [3.63, 3.8) is 0 Å². The second-order valence-corrected chi connectivity index (χ2v) is 7.22. The fourth-order valence-corrected chi connectivity index (χ4v) is 3.83. The van der Waals surface area contributed by atoms with Crippen LogP contribution in [0.15, 0.2) is 18.2 Å². The Labute approximate surface area is 164 Å². The van der Waals surface area contributed by atoms with Crippen molar-refractivity contribution in [2.75, 3.05) is 33.3 Å². The number of piperazine rings is 1. The summed E-state index contributed by atoms with van der Waals surface area (Å²) in [6, 6.07) is 4.98. The van der Waals surface area contributed by atoms with Gasteiger partial charge in [0.2, 0.25) is 0 Å². The molecule has 7 heteroatoms. The smallest absolute Gasteiger partial charge is 0.270 e. The van der Waals surface area contributed by atoms with Gasteiger partial charge in [-0.2, -0.15) is 0 Å². The maximum absolute atomic E-state index is 13.9. The summed E-state index contributed by atoms with van der Waals surface area (Å²) in [6.45, 7) is 8.34. The van der Waals surface area contributed by atoms with E-state index in [9.17, 15) is 14.0 Å². The number of ether oxygens (including phenoxy) is 1. The molecule has 1 aliphatic rings. The van der Waals surface area contributed by atoms with Crippen LogP contribution in [0.25, 0.3) is 0 Å². The average molecular weight is 387 g/mol. The number of carbonyl (C=O) groups is 2. The molecule has 0 saturated carbocycles. The Bertz CT molecular complexity index is 899. The van der Waals surface area contributed by atoms with Gasteiger partial charge in [-0.1, -0.05) is 6.07 Å². The number of aromatic amines is 1. The van der Waals surface area contributed by atoms with Gasteiger partial charge in [-0.3, -0.25) is 14.5 Å². The number of hydrogen-bond donors (Lipinski definition) is 1. The number of aromatic nitrogens is 1. The van der Waals surface area contributed by atoms with Crippen LogP contribution in [-0.2, 0) is 6.54 Å². The van der Waals surface area contributed by atoms with E-state index in [-0.39, 0.29) is 23.3 Å². The number of carbonyl (C=O) groups excluding carboxylic acids is 2. The van der Waals surface area contributed by atoms with E-state index in [1.54, 1.807) is 11.0 Å². The molecule has 0 bridgehead atoms. The molecule has 1 amide bonds. The monoisotopic (exact) mass is 387 g/mol. The van der Waals surface area contributed by atoms with Crippen molar-refractivity contribution in [1.82, 2.24) is 14.8 Å². The van der Waals surface area contributed by atoms with Crippen LogP contribution in [0.1, 0.15) is 44.6 Å². The van der Waals surface area contributed by atoms with Crippen molar-refractivity contribution in [2.45, 2.75) is 27.3 Å². The van der Waals surface area contributed by atoms with Crippen molar-refractivity contribution >= 4 is 11.7 Å². The first-order chi connectivity index (χ1) is 13.3. The SMILES string of the molecule is COc1ccc(CN2CCN(C(=O)c3[nH]c(C)c(C(C)=O)c3C)CC2)cc1F. The molecule has 0 atom stereocenters. The summed E-state index contributed by atoms with van der Waals surface area (Å²) in [5, 5.41) is 0. The molecule has 6 nitrogen and oxygen atoms in total. The molecule has 0 aliphatic carbocycles. The Morgan fingerprint density at radius 3 is 2.39 bits per heavy atom. The van der Waals surface area contributed by atoms with Crippen molar-refractivity contribution in [1.29, 1.82) is 0 Å². The number of H-pyrrole nitrogens is 1. The Morgan fingerprint density at radius 1 is 1.18 bits per heavy atom. The molecule has 1 saturated heterocycles. The van der Waals surface area contributed by atoms with E-state index < -0.39 is 0 Å². The molecule has 1 aromatic heterocycles. The van der Waals surface area contributed by atoms with E-state index in [1.165, 1.54) is 20.1 Å². The first kappa shape index (κ1) is 20.1. The summed E-state index contributed by atoms with van der Waals surface area (Å²) in [4.78, 5) is 31.8. The molecule has 1 aliphatic heterocycles. The molecule has 2 aromatic rings. The molecule has 3 rings (SSSR count). The van der Waals surface area contributed by atoms with E-state index in [2.05, 4.69) is 9.88 Å². The van der Waals surface area contributed by atoms with E-state index in [0.29, 0.717) is 49.5 Å². The van der Waals surface area contributed by atoms with Crippen LogP contribution in [0.3, 0.4) is 0 Å². The van der Waals surface area contributed by atoms with Crippen LogP contribution in [0.4, 0.5) is 4.39 Å². The number of halogens is 1. The molecule has 0 unspecified atom stereocenters. The van der Waals surface area contributed by atoms with Gasteiger partial charge in [-0.15, -0.1) is 0 Å². The zero-order valence-electron chi connectivity index (χ0n) is 16.8. The van der Waals surface area contributed by atoms with Crippen LogP contribution in [0.5, 0.6) is 5.75 Å². The molecular weight excluding hydrogens is 361 g/mol. The molecule has 0 spiro atoms. The minimum atomic E-state index is -0.368. The third-order valence-electron chi connectivity index (χ3n) is 5.29. The Balaban J connectivity index is 1.62. The van der Waals surface area contributed by atoms with Crippen molar-refractivity contribution in [2.24, 2.45) is 0 Å². The van der Waals surface area contributed by atoms with Crippen molar-refractivity contribution in [3.05, 3.63) is 52.1 Å². The molecule has 1 fully saturated rings. The van der Waals surface area contributed by atoms with E-state index >= 15 is 0 Å². The van der Waals surface area contributed by atoms with Gasteiger partial charge in [0.15, 0.2) is 17.3 Å². The zero-order valence-corrected chi connectivity index (χ0v) is 16.8. The first-order valence-electron chi connectivity index (χ1n) is 9.36. The topological polar surface area (TPSA) is 65.6 Å². The third-order valence-corrected chi connectivity index (χ3v) is 5.29. The standard InChI is InChI=1S/C21H26FN3O3/c1-13-19(15(3)26)14(2)23-20(13)21(27)25-9-7-24(8-10-25)12-16-5-6-18(28-4)17(22)11-16/h5-6,11,23H,7-10,12H2,1-4H3. The predicted octanol–water partition coefficient (Wildman–Crippen LogP) is 2.94. The fraction of sp³-hybridized carbons (Fsp3) is 0.429. The zero-order chi connectivity index (χ0) is 20.4. The summed E-state index contributed by atoms with van der Waals surface area (Å²) >= 11 is 0. The molecule has 1 aromatic carbocycles. The minimum absolute atomic E-state index is 0.0400. The highest BCUT2D eigenvalue weighted by molar-refractivity contribution is 6.02. The second kappa shape index (κ2) is 8.14. The van der Waals surface area contributed by atoms with Crippen LogP contribution in [-0.4, -0.2) is 59.8 Å². The molecule has 150 valence electrons. The lowest BCUT2D eigenvalue weighted by Crippen LogP contribution is -2.48. The van der Waals surface area contributed by atoms with E-state index in [1.807, 2.05) is 19.9 Å². The van der Waals surface area contributed by atoms with Gasteiger partial charge < -0.3 is 14.6 Å². The van der Waals surface area contributed by atoms with Gasteiger partial charge in [-0.25, -0.2) is 4.39 Å². The molecule has 1 N–H and O–H groups in total. The van der Waals surface area contributed by atoms with E-state index in [4.69, 9.17) is 4.74 Å². The number of rotatable bonds is 5. The number of amides is 1. The van der Waals surface area contributed by atoms with Crippen LogP contribution in [0.2, 0.25) is 0 Å². The lowest BCUT2D eigenvalue weighted by Gasteiger charge is -2.34. The largest absolute Gasteiger partial charge is 0.494 e. The quantitative estimate of drug-likeness (QED) is 0.801. The number of benzene rings is 1. The van der Waals surface area contributed by atoms with Gasteiger partial charge in [0, 0.05) is 44.0 Å². The number of nitrogens with one attached hydrogen (secondary N) is 1. The highest BCUT2D eigenvalue weighted by Crippen LogP contribution is 2.22. The molecule has 28 heavy (non-hydrogen) atoms. The summed E-state index contributed by atoms with van der Waals surface area (Å²) in [5.74, 6) is -0.251. The third kappa shape index (κ3) is 3.94. The predicted molar refractivity (Wildman–Crippen MR) is 104 cm³/mol. The van der Waals surface area contributed by atoms with Crippen LogP contribution >= 0.6 is 0 Å². The second-order valence-electron chi connectivity index (χ2n) is 7.22. The van der Waals surface area contributed by atoms with Crippen molar-refractivity contribution < 1.29 is 18.7 Å². The number of nitrogens with zero attached hydrogens (tertiary/aromatic N) is 2. The molecule has 0 radical (unpaired) electrons. The first-order valence-corrected chi connectivity index (χ1v) is 9.36. The number of aryl methyl sites for hydroxylation is 1. The number of Topliss-reactive ketones (excluding diaryl/α,β-unsaturated/α-hetero) is 1. The number of methoxy groups -OCH3 is 1. The summed E-state index contributed by atoms with van der Waals surface area (Å²) in [5.41, 5.74) is 3.41. The fourth-order valence-electron chi connectivity index (χ4n) is 3.83. The van der Waals surface area contributed by atoms with Gasteiger partial charge in [-0.05, 0) is 44.0 Å². The Kier molecular flexibility index (Phi) is 5.84. The van der Waals surface area contributed by atoms with Crippen LogP contribution < -0.4 is 4.74 Å².